The van der Waals surface area contributed by atoms with E-state index in [0.717, 1.165) is 40.6 Å². The van der Waals surface area contributed by atoms with Gasteiger partial charge in [0.15, 0.2) is 9.84 Å². The maximum atomic E-state index is 12.2. The quantitative estimate of drug-likeness (QED) is 0.581. The second-order valence-electron chi connectivity index (χ2n) is 7.84. The van der Waals surface area contributed by atoms with Gasteiger partial charge in [0.2, 0.25) is 0 Å². The monoisotopic (exact) mass is 475 g/mol. The van der Waals surface area contributed by atoms with Gasteiger partial charge in [0.1, 0.15) is 0 Å². The number of carboxylic acids is 1. The van der Waals surface area contributed by atoms with Crippen LogP contribution in [0.15, 0.2) is 45.8 Å². The highest BCUT2D eigenvalue weighted by atomic mass is 79.9. The van der Waals surface area contributed by atoms with E-state index in [9.17, 15) is 18.3 Å². The van der Waals surface area contributed by atoms with E-state index in [2.05, 4.69) is 44.8 Å². The molecule has 0 spiro atoms. The Bertz CT molecular complexity index is 1230. The highest BCUT2D eigenvalue weighted by Crippen LogP contribution is 2.44. The van der Waals surface area contributed by atoms with Crippen LogP contribution in [0, 0.1) is 6.92 Å². The lowest BCUT2D eigenvalue weighted by molar-refractivity contribution is -0.137. The summed E-state index contributed by atoms with van der Waals surface area (Å²) >= 11 is 3.59. The van der Waals surface area contributed by atoms with Crippen molar-refractivity contribution in [1.29, 1.82) is 0 Å². The first kappa shape index (κ1) is 20.2. The molecule has 0 saturated heterocycles. The lowest BCUT2D eigenvalue weighted by atomic mass is 10.0. The van der Waals surface area contributed by atoms with Crippen LogP contribution >= 0.6 is 15.9 Å². The molecule has 0 amide bonds. The smallest absolute Gasteiger partial charge is 0.304 e. The van der Waals surface area contributed by atoms with Crippen molar-refractivity contribution in [3.63, 3.8) is 0 Å². The van der Waals surface area contributed by atoms with Crippen molar-refractivity contribution in [2.75, 3.05) is 6.26 Å². The minimum Gasteiger partial charge on any atom is -0.481 e. The van der Waals surface area contributed by atoms with E-state index in [0.29, 0.717) is 11.0 Å². The summed E-state index contributed by atoms with van der Waals surface area (Å²) in [7, 11) is -3.35. The number of fused-ring (bicyclic) bond motifs is 3. The van der Waals surface area contributed by atoms with Gasteiger partial charge in [0, 0.05) is 34.3 Å². The van der Waals surface area contributed by atoms with E-state index in [1.54, 1.807) is 12.1 Å². The van der Waals surface area contributed by atoms with Crippen LogP contribution in [0.1, 0.15) is 41.1 Å². The van der Waals surface area contributed by atoms with Crippen LogP contribution in [0.2, 0.25) is 0 Å². The summed E-state index contributed by atoms with van der Waals surface area (Å²) in [6, 6.07) is 11.7. The van der Waals surface area contributed by atoms with Crippen molar-refractivity contribution in [2.24, 2.45) is 0 Å². The van der Waals surface area contributed by atoms with Crippen LogP contribution in [-0.2, 0) is 27.6 Å². The molecule has 0 saturated carbocycles. The molecule has 0 radical (unpaired) electrons. The molecule has 1 N–H and O–H groups in total. The summed E-state index contributed by atoms with van der Waals surface area (Å²) in [6.07, 6.45) is 2.80. The first-order valence-electron chi connectivity index (χ1n) is 9.47. The van der Waals surface area contributed by atoms with Crippen LogP contribution < -0.4 is 0 Å². The number of rotatable bonds is 5. The van der Waals surface area contributed by atoms with Gasteiger partial charge in [-0.15, -0.1) is 0 Å². The van der Waals surface area contributed by atoms with E-state index in [4.69, 9.17) is 0 Å². The zero-order valence-corrected chi connectivity index (χ0v) is 18.7. The van der Waals surface area contributed by atoms with Gasteiger partial charge in [-0.2, -0.15) is 0 Å². The Balaban J connectivity index is 1.96. The van der Waals surface area contributed by atoms with Crippen molar-refractivity contribution in [3.8, 4) is 0 Å². The fraction of sp³-hybridized carbons (Fsp3) is 0.318. The summed E-state index contributed by atoms with van der Waals surface area (Å²) < 4.78 is 27.2. The SMILES string of the molecule is Cc1ccc(Cn2c3c(c4cc(S(C)(=O)=O)cc(Br)c42)CCC3CC(=O)O)cc1. The Morgan fingerprint density at radius 1 is 1.24 bits per heavy atom. The Morgan fingerprint density at radius 2 is 1.93 bits per heavy atom. The molecule has 4 rings (SSSR count). The number of hydrogen-bond donors (Lipinski definition) is 1. The zero-order chi connectivity index (χ0) is 20.9. The van der Waals surface area contributed by atoms with Gasteiger partial charge in [-0.3, -0.25) is 4.79 Å². The topological polar surface area (TPSA) is 76.4 Å². The number of aromatic nitrogens is 1. The molecule has 0 bridgehead atoms. The number of aryl methyl sites for hydroxylation is 2. The molecule has 1 aliphatic carbocycles. The van der Waals surface area contributed by atoms with Gasteiger partial charge in [-0.1, -0.05) is 29.8 Å². The first-order valence-corrected chi connectivity index (χ1v) is 12.2. The molecule has 1 aliphatic rings. The van der Waals surface area contributed by atoms with Crippen molar-refractivity contribution in [1.82, 2.24) is 4.57 Å². The third kappa shape index (κ3) is 3.73. The number of benzene rings is 2. The molecule has 2 aromatic carbocycles. The molecule has 1 unspecified atom stereocenters. The van der Waals surface area contributed by atoms with Gasteiger partial charge < -0.3 is 9.67 Å². The molecule has 152 valence electrons. The molecule has 5 nitrogen and oxygen atoms in total. The van der Waals surface area contributed by atoms with Gasteiger partial charge in [0.05, 0.1) is 16.8 Å². The molecule has 0 fully saturated rings. The molecular formula is C22H22BrNO4S. The van der Waals surface area contributed by atoms with Gasteiger partial charge in [-0.05, 0) is 59.0 Å². The lowest BCUT2D eigenvalue weighted by Crippen LogP contribution is -2.11. The Labute approximate surface area is 178 Å². The van der Waals surface area contributed by atoms with Crippen LogP contribution in [0.25, 0.3) is 10.9 Å². The number of carbonyl (C=O) groups is 1. The van der Waals surface area contributed by atoms with Crippen molar-refractivity contribution in [3.05, 3.63) is 63.3 Å². The first-order chi connectivity index (χ1) is 13.6. The lowest BCUT2D eigenvalue weighted by Gasteiger charge is -2.16. The summed E-state index contributed by atoms with van der Waals surface area (Å²) in [6.45, 7) is 2.65. The van der Waals surface area contributed by atoms with Crippen molar-refractivity contribution >= 4 is 42.6 Å². The van der Waals surface area contributed by atoms with E-state index in [1.807, 2.05) is 6.92 Å². The van der Waals surface area contributed by atoms with E-state index in [1.165, 1.54) is 11.8 Å². The molecule has 1 heterocycles. The van der Waals surface area contributed by atoms with Crippen molar-refractivity contribution in [2.45, 2.75) is 43.5 Å². The number of sulfone groups is 1. The predicted molar refractivity (Wildman–Crippen MR) is 116 cm³/mol. The fourth-order valence-corrected chi connectivity index (χ4v) is 5.84. The summed E-state index contributed by atoms with van der Waals surface area (Å²) in [4.78, 5) is 11.7. The molecule has 29 heavy (non-hydrogen) atoms. The van der Waals surface area contributed by atoms with Crippen LogP contribution in [0.5, 0.6) is 0 Å². The van der Waals surface area contributed by atoms with Gasteiger partial charge in [0.25, 0.3) is 0 Å². The second-order valence-corrected chi connectivity index (χ2v) is 10.7. The summed E-state index contributed by atoms with van der Waals surface area (Å²) in [5.74, 6) is -0.889. The molecular weight excluding hydrogens is 454 g/mol. The van der Waals surface area contributed by atoms with Crippen molar-refractivity contribution < 1.29 is 18.3 Å². The summed E-state index contributed by atoms with van der Waals surface area (Å²) in [5, 5.41) is 10.3. The highest BCUT2D eigenvalue weighted by Gasteiger charge is 2.32. The minimum atomic E-state index is -3.35. The third-order valence-electron chi connectivity index (χ3n) is 5.67. The number of halogens is 1. The minimum absolute atomic E-state index is 0.0751. The predicted octanol–water partition coefficient (Wildman–Crippen LogP) is 4.67. The molecule has 3 aromatic rings. The molecule has 1 atom stereocenters. The Hall–Kier alpha value is -2.12. The largest absolute Gasteiger partial charge is 0.481 e. The van der Waals surface area contributed by atoms with Crippen LogP contribution in [-0.4, -0.2) is 30.3 Å². The van der Waals surface area contributed by atoms with E-state index in [-0.39, 0.29) is 17.2 Å². The fourth-order valence-electron chi connectivity index (χ4n) is 4.35. The average Bonchev–Trinajstić information content (AvgIpc) is 3.16. The second kappa shape index (κ2) is 7.29. The average molecular weight is 476 g/mol. The maximum Gasteiger partial charge on any atom is 0.304 e. The number of aliphatic carboxylic acids is 1. The zero-order valence-electron chi connectivity index (χ0n) is 16.3. The standard InChI is InChI=1S/C22H22BrNO4S/c1-13-3-5-14(6-4-13)12-24-21-15(9-20(25)26)7-8-17(21)18-10-16(29(2,27)28)11-19(23)22(18)24/h3-6,10-11,15H,7-9,12H2,1-2H3,(H,25,26). The molecule has 1 aromatic heterocycles. The summed E-state index contributed by atoms with van der Waals surface area (Å²) in [5.41, 5.74) is 5.33. The van der Waals surface area contributed by atoms with Gasteiger partial charge >= 0.3 is 5.97 Å². The molecule has 0 aliphatic heterocycles. The van der Waals surface area contributed by atoms with Crippen LogP contribution in [0.4, 0.5) is 0 Å². The highest BCUT2D eigenvalue weighted by molar-refractivity contribution is 9.10. The van der Waals surface area contributed by atoms with Crippen LogP contribution in [0.3, 0.4) is 0 Å². The molecule has 7 heteroatoms. The number of nitrogens with zero attached hydrogens (tertiary/aromatic N) is 1. The Kier molecular flexibility index (Phi) is 5.07. The van der Waals surface area contributed by atoms with E-state index >= 15 is 0 Å². The number of carboxylic acid groups (broad SMARTS) is 1. The van der Waals surface area contributed by atoms with E-state index < -0.39 is 15.8 Å². The normalized spacial score (nSPS) is 16.3. The number of hydrogen-bond acceptors (Lipinski definition) is 3. The Morgan fingerprint density at radius 3 is 2.55 bits per heavy atom. The third-order valence-corrected chi connectivity index (χ3v) is 7.37. The van der Waals surface area contributed by atoms with Gasteiger partial charge in [-0.25, -0.2) is 8.42 Å². The maximum absolute atomic E-state index is 12.2.